The predicted octanol–water partition coefficient (Wildman–Crippen LogP) is 2.26. The van der Waals surface area contributed by atoms with Crippen molar-refractivity contribution in [1.29, 1.82) is 5.41 Å². The van der Waals surface area contributed by atoms with Crippen LogP contribution in [-0.2, 0) is 0 Å². The number of anilines is 1. The Bertz CT molecular complexity index is 239. The summed E-state index contributed by atoms with van der Waals surface area (Å²) in [6.07, 6.45) is 3.31. The zero-order chi connectivity index (χ0) is 8.27. The summed E-state index contributed by atoms with van der Waals surface area (Å²) in [7, 11) is 0. The van der Waals surface area contributed by atoms with Crippen LogP contribution in [0.4, 0.5) is 5.82 Å². The number of thiol groups is 1. The predicted molar refractivity (Wildman–Crippen MR) is 69.0 cm³/mol. The smallest absolute Gasteiger partial charge is 0.158 e. The Morgan fingerprint density at radius 1 is 1.69 bits per heavy atom. The van der Waals surface area contributed by atoms with Gasteiger partial charge in [-0.15, -0.1) is 46.6 Å². The first-order valence-corrected chi connectivity index (χ1v) is 3.74. The van der Waals surface area contributed by atoms with Gasteiger partial charge in [0.1, 0.15) is 0 Å². The average molecular weight is 332 g/mol. The van der Waals surface area contributed by atoms with Gasteiger partial charge in [0.15, 0.2) is 11.0 Å². The number of imidazole rings is 1. The maximum atomic E-state index is 7.26. The van der Waals surface area contributed by atoms with E-state index in [4.69, 9.17) is 5.41 Å². The third kappa shape index (κ3) is 4.15. The Morgan fingerprint density at radius 2 is 2.31 bits per heavy atom. The molecule has 0 amide bonds. The molecule has 0 bridgehead atoms. The Hall–Kier alpha value is -0.0100. The van der Waals surface area contributed by atoms with Gasteiger partial charge in [-0.2, -0.15) is 0 Å². The number of aromatic amines is 1. The molecule has 1 aromatic rings. The van der Waals surface area contributed by atoms with Gasteiger partial charge in [0.2, 0.25) is 0 Å². The average Bonchev–Trinajstić information content (AvgIpc) is 2.40. The van der Waals surface area contributed by atoms with Crippen molar-refractivity contribution in [2.45, 2.75) is 6.92 Å². The highest BCUT2D eigenvalue weighted by Gasteiger charge is 2.07. The summed E-state index contributed by atoms with van der Waals surface area (Å²) < 4.78 is 0. The van der Waals surface area contributed by atoms with Crippen molar-refractivity contribution < 1.29 is 0 Å². The second-order valence-electron chi connectivity index (χ2n) is 2.00. The fourth-order valence-corrected chi connectivity index (χ4v) is 1.06. The maximum Gasteiger partial charge on any atom is 0.158 e. The molecular weight excluding hydrogens is 320 g/mol. The number of halogens is 2. The zero-order valence-corrected chi connectivity index (χ0v) is 11.3. The molecule has 1 rings (SSSR count). The topological polar surface area (TPSA) is 55.8 Å². The van der Waals surface area contributed by atoms with Crippen molar-refractivity contribution in [1.82, 2.24) is 9.97 Å². The Morgan fingerprint density at radius 3 is 2.62 bits per heavy atom. The first-order chi connectivity index (χ1) is 5.25. The van der Waals surface area contributed by atoms with Crippen molar-refractivity contribution in [3.8, 4) is 0 Å². The van der Waals surface area contributed by atoms with E-state index in [1.807, 2.05) is 6.92 Å². The summed E-state index contributed by atoms with van der Waals surface area (Å²) >= 11 is 3.91. The van der Waals surface area contributed by atoms with Crippen molar-refractivity contribution in [3.05, 3.63) is 12.5 Å². The number of hydrogen-bond acceptors (Lipinski definition) is 2. The molecule has 0 fully saturated rings. The molecule has 1 aromatic heterocycles. The van der Waals surface area contributed by atoms with E-state index in [1.54, 1.807) is 17.4 Å². The van der Waals surface area contributed by atoms with Crippen LogP contribution < -0.4 is 4.90 Å². The van der Waals surface area contributed by atoms with Crippen LogP contribution in [0.3, 0.4) is 0 Å². The van der Waals surface area contributed by atoms with E-state index >= 15 is 0 Å². The van der Waals surface area contributed by atoms with Gasteiger partial charge in [-0.05, 0) is 6.92 Å². The number of nitrogens with one attached hydrogen (secondary N) is 2. The zero-order valence-electron chi connectivity index (χ0n) is 7.02. The van der Waals surface area contributed by atoms with Crippen LogP contribution in [-0.4, -0.2) is 21.7 Å². The molecule has 0 radical (unpaired) electrons. The lowest BCUT2D eigenvalue weighted by atomic mass is 10.6. The lowest BCUT2D eigenvalue weighted by Crippen LogP contribution is -2.25. The minimum Gasteiger partial charge on any atom is -0.349 e. The molecule has 2 N–H and O–H groups in total. The minimum atomic E-state index is 0. The lowest BCUT2D eigenvalue weighted by Gasteiger charge is -2.16. The molecule has 13 heavy (non-hydrogen) atoms. The van der Waals surface area contributed by atoms with E-state index in [-0.39, 0.29) is 39.1 Å². The summed E-state index contributed by atoms with van der Waals surface area (Å²) in [6, 6.07) is 0. The van der Waals surface area contributed by atoms with Crippen molar-refractivity contribution >= 4 is 57.6 Å². The number of aromatic nitrogens is 2. The summed E-state index contributed by atoms with van der Waals surface area (Å²) in [4.78, 5) is 8.49. The number of H-pyrrole nitrogens is 1. The number of rotatable bonds is 2. The first-order valence-electron chi connectivity index (χ1n) is 3.29. The van der Waals surface area contributed by atoms with Gasteiger partial charge in [-0.1, -0.05) is 0 Å². The van der Waals surface area contributed by atoms with Crippen LogP contribution in [0.1, 0.15) is 6.92 Å². The van der Waals surface area contributed by atoms with Crippen LogP contribution in [0.2, 0.25) is 0 Å². The monoisotopic (exact) mass is 330 g/mol. The van der Waals surface area contributed by atoms with Gasteiger partial charge in [-0.25, -0.2) is 4.98 Å². The summed E-state index contributed by atoms with van der Waals surface area (Å²) in [6.45, 7) is 2.65. The first kappa shape index (κ1) is 15.5. The molecule has 0 spiro atoms. The van der Waals surface area contributed by atoms with Crippen LogP contribution >= 0.6 is 46.6 Å². The van der Waals surface area contributed by atoms with Crippen molar-refractivity contribution in [2.75, 3.05) is 11.4 Å². The van der Waals surface area contributed by atoms with Crippen LogP contribution in [0.15, 0.2) is 12.5 Å². The van der Waals surface area contributed by atoms with Gasteiger partial charge >= 0.3 is 0 Å². The highest BCUT2D eigenvalue weighted by molar-refractivity contribution is 8.93. The molecule has 0 saturated heterocycles. The second-order valence-corrected chi connectivity index (χ2v) is 2.42. The van der Waals surface area contributed by atoms with Crippen LogP contribution in [0, 0.1) is 5.41 Å². The fraction of sp³-hybridized carbons (Fsp3) is 0.333. The Labute approximate surface area is 104 Å². The number of hydrogen-bond donors (Lipinski definition) is 3. The standard InChI is InChI=1S/C6H10N4S.2BrH/c1-2-10(6(7)11)5-3-8-4-9-5;;/h3-4H,2H2,1H3,(H2,7,11)(H,8,9);2*1H. The van der Waals surface area contributed by atoms with Crippen LogP contribution in [0.25, 0.3) is 0 Å². The molecular formula is C6H12Br2N4S. The summed E-state index contributed by atoms with van der Waals surface area (Å²) in [5, 5.41) is 7.47. The van der Waals surface area contributed by atoms with E-state index in [1.165, 1.54) is 0 Å². The molecule has 76 valence electrons. The van der Waals surface area contributed by atoms with Crippen LogP contribution in [0.5, 0.6) is 0 Å². The largest absolute Gasteiger partial charge is 0.349 e. The molecule has 0 saturated carbocycles. The van der Waals surface area contributed by atoms with Crippen molar-refractivity contribution in [2.24, 2.45) is 0 Å². The maximum absolute atomic E-state index is 7.26. The van der Waals surface area contributed by atoms with E-state index in [0.717, 1.165) is 5.82 Å². The van der Waals surface area contributed by atoms with E-state index < -0.39 is 0 Å². The molecule has 0 atom stereocenters. The van der Waals surface area contributed by atoms with Crippen molar-refractivity contribution in [3.63, 3.8) is 0 Å². The van der Waals surface area contributed by atoms with Gasteiger partial charge in [0.25, 0.3) is 0 Å². The quantitative estimate of drug-likeness (QED) is 0.442. The fourth-order valence-electron chi connectivity index (χ4n) is 0.820. The van der Waals surface area contributed by atoms with Gasteiger partial charge in [-0.3, -0.25) is 5.41 Å². The molecule has 4 nitrogen and oxygen atoms in total. The van der Waals surface area contributed by atoms with Gasteiger partial charge in [0, 0.05) is 12.7 Å². The minimum absolute atomic E-state index is 0. The molecule has 0 aliphatic carbocycles. The number of nitrogens with zero attached hydrogens (tertiary/aromatic N) is 2. The Kier molecular flexibility index (Phi) is 8.80. The normalized spacial score (nSPS) is 8.15. The van der Waals surface area contributed by atoms with E-state index in [9.17, 15) is 0 Å². The molecule has 7 heteroatoms. The molecule has 1 heterocycles. The highest BCUT2D eigenvalue weighted by atomic mass is 79.9. The Balaban J connectivity index is 0. The third-order valence-corrected chi connectivity index (χ3v) is 1.57. The molecule has 0 aliphatic heterocycles. The lowest BCUT2D eigenvalue weighted by molar-refractivity contribution is 1.03. The molecule has 0 aliphatic rings. The number of amidine groups is 1. The van der Waals surface area contributed by atoms with Gasteiger partial charge < -0.3 is 9.88 Å². The summed E-state index contributed by atoms with van der Waals surface area (Å²) in [5.74, 6) is 0.729. The second kappa shape index (κ2) is 7.40. The third-order valence-electron chi connectivity index (χ3n) is 1.33. The SMILES string of the molecule is Br.Br.CCN(C(=N)S)c1c[nH]cn1. The molecule has 0 unspecified atom stereocenters. The van der Waals surface area contributed by atoms with E-state index in [0.29, 0.717) is 6.54 Å². The van der Waals surface area contributed by atoms with Gasteiger partial charge in [0.05, 0.1) is 6.33 Å². The highest BCUT2D eigenvalue weighted by Crippen LogP contribution is 2.08. The summed E-state index contributed by atoms with van der Waals surface area (Å²) in [5.41, 5.74) is 0. The molecule has 0 aromatic carbocycles. The van der Waals surface area contributed by atoms with E-state index in [2.05, 4.69) is 22.6 Å².